The van der Waals surface area contributed by atoms with Crippen LogP contribution in [0, 0.1) is 0 Å². The highest BCUT2D eigenvalue weighted by Gasteiger charge is 2.23. The van der Waals surface area contributed by atoms with Crippen molar-refractivity contribution in [3.63, 3.8) is 0 Å². The van der Waals surface area contributed by atoms with Gasteiger partial charge in [-0.25, -0.2) is 0 Å². The molecule has 1 rings (SSSR count). The number of halogens is 2. The average Bonchev–Trinajstić information content (AvgIpc) is 2.47. The summed E-state index contributed by atoms with van der Waals surface area (Å²) in [6.45, 7) is 3.52. The molecule has 0 bridgehead atoms. The number of nitrogens with one attached hydrogen (secondary N) is 1. The molecule has 0 saturated carbocycles. The summed E-state index contributed by atoms with van der Waals surface area (Å²) in [4.78, 5) is 0. The van der Waals surface area contributed by atoms with Crippen molar-refractivity contribution in [2.75, 3.05) is 13.2 Å². The molecule has 0 amide bonds. The van der Waals surface area contributed by atoms with Crippen molar-refractivity contribution in [3.05, 3.63) is 10.6 Å². The van der Waals surface area contributed by atoms with E-state index in [-0.39, 0.29) is 6.10 Å². The summed E-state index contributed by atoms with van der Waals surface area (Å²) in [6, 6.07) is 0.412. The maximum Gasteiger partial charge on any atom is 0.0700 e. The minimum absolute atomic E-state index is 0.282. The summed E-state index contributed by atoms with van der Waals surface area (Å²) >= 11 is 11.1. The van der Waals surface area contributed by atoms with Gasteiger partial charge in [0, 0.05) is 29.8 Å². The highest BCUT2D eigenvalue weighted by atomic mass is 35.5. The maximum atomic E-state index is 5.72. The molecule has 0 aromatic heterocycles. The second-order valence-corrected chi connectivity index (χ2v) is 3.61. The first-order chi connectivity index (χ1) is 5.74. The minimum atomic E-state index is 0.282. The van der Waals surface area contributed by atoms with Crippen LogP contribution in [0.25, 0.3) is 0 Å². The Kier molecular flexibility index (Phi) is 4.36. The van der Waals surface area contributed by atoms with Gasteiger partial charge in [-0.15, -0.1) is 0 Å². The second kappa shape index (κ2) is 5.07. The van der Waals surface area contributed by atoms with E-state index in [1.165, 1.54) is 5.54 Å². The first-order valence-electron chi connectivity index (χ1n) is 4.03. The molecule has 0 aromatic rings. The molecule has 0 radical (unpaired) electrons. The molecule has 4 heteroatoms. The Bertz CT molecular complexity index is 172. The van der Waals surface area contributed by atoms with Crippen LogP contribution in [0.1, 0.15) is 13.3 Å². The SMILES string of the molecule is CC1OCCC1NCC(Cl)=CCl. The van der Waals surface area contributed by atoms with Crippen molar-refractivity contribution in [3.8, 4) is 0 Å². The quantitative estimate of drug-likeness (QED) is 0.769. The van der Waals surface area contributed by atoms with Crippen LogP contribution in [0.15, 0.2) is 10.6 Å². The van der Waals surface area contributed by atoms with E-state index in [4.69, 9.17) is 27.9 Å². The van der Waals surface area contributed by atoms with Crippen LogP contribution in [-0.4, -0.2) is 25.3 Å². The summed E-state index contributed by atoms with van der Waals surface area (Å²) in [7, 11) is 0. The van der Waals surface area contributed by atoms with E-state index in [1.54, 1.807) is 0 Å². The third-order valence-electron chi connectivity index (χ3n) is 2.03. The highest BCUT2D eigenvalue weighted by Crippen LogP contribution is 2.13. The van der Waals surface area contributed by atoms with Gasteiger partial charge < -0.3 is 10.1 Å². The summed E-state index contributed by atoms with van der Waals surface area (Å²) in [5.41, 5.74) is 1.38. The van der Waals surface area contributed by atoms with Gasteiger partial charge in [0.25, 0.3) is 0 Å². The Labute approximate surface area is 82.9 Å². The molecule has 1 aliphatic rings. The van der Waals surface area contributed by atoms with E-state index in [0.29, 0.717) is 17.6 Å². The van der Waals surface area contributed by atoms with Gasteiger partial charge in [-0.1, -0.05) is 23.2 Å². The van der Waals surface area contributed by atoms with E-state index in [2.05, 4.69) is 12.2 Å². The van der Waals surface area contributed by atoms with Crippen LogP contribution >= 0.6 is 23.2 Å². The van der Waals surface area contributed by atoms with Gasteiger partial charge >= 0.3 is 0 Å². The van der Waals surface area contributed by atoms with Gasteiger partial charge in [-0.3, -0.25) is 0 Å². The van der Waals surface area contributed by atoms with Crippen LogP contribution in [-0.2, 0) is 4.74 Å². The van der Waals surface area contributed by atoms with Gasteiger partial charge in [-0.2, -0.15) is 0 Å². The molecule has 1 aliphatic heterocycles. The zero-order chi connectivity index (χ0) is 8.97. The zero-order valence-corrected chi connectivity index (χ0v) is 8.53. The number of ether oxygens (including phenoxy) is 1. The van der Waals surface area contributed by atoms with Crippen molar-refractivity contribution in [1.82, 2.24) is 5.32 Å². The van der Waals surface area contributed by atoms with E-state index in [9.17, 15) is 0 Å². The van der Waals surface area contributed by atoms with E-state index in [1.807, 2.05) is 0 Å². The summed E-state index contributed by atoms with van der Waals surface area (Å²) in [5, 5.41) is 3.91. The smallest absolute Gasteiger partial charge is 0.0700 e. The molecule has 1 saturated heterocycles. The van der Waals surface area contributed by atoms with Crippen molar-refractivity contribution < 1.29 is 4.74 Å². The molecule has 12 heavy (non-hydrogen) atoms. The standard InChI is InChI=1S/C8H13Cl2NO/c1-6-8(2-3-12-6)11-5-7(10)4-9/h4,6,8,11H,2-3,5H2,1H3. The number of hydrogen-bond donors (Lipinski definition) is 1. The van der Waals surface area contributed by atoms with Crippen LogP contribution in [0.2, 0.25) is 0 Å². The molecule has 2 nitrogen and oxygen atoms in total. The van der Waals surface area contributed by atoms with E-state index in [0.717, 1.165) is 13.0 Å². The van der Waals surface area contributed by atoms with Gasteiger partial charge in [0.15, 0.2) is 0 Å². The molecule has 70 valence electrons. The van der Waals surface area contributed by atoms with Crippen LogP contribution < -0.4 is 5.32 Å². The molecular formula is C8H13Cl2NO. The summed E-state index contributed by atoms with van der Waals surface area (Å²) in [6.07, 6.45) is 1.33. The van der Waals surface area contributed by atoms with Gasteiger partial charge in [0.1, 0.15) is 0 Å². The monoisotopic (exact) mass is 209 g/mol. The van der Waals surface area contributed by atoms with Gasteiger partial charge in [-0.05, 0) is 13.3 Å². The predicted octanol–water partition coefficient (Wildman–Crippen LogP) is 2.07. The van der Waals surface area contributed by atoms with Crippen molar-refractivity contribution in [2.24, 2.45) is 0 Å². The molecule has 1 N–H and O–H groups in total. The minimum Gasteiger partial charge on any atom is -0.377 e. The van der Waals surface area contributed by atoms with E-state index >= 15 is 0 Å². The second-order valence-electron chi connectivity index (χ2n) is 2.91. The topological polar surface area (TPSA) is 21.3 Å². The Hall–Kier alpha value is 0.240. The Morgan fingerprint density at radius 3 is 3.00 bits per heavy atom. The first-order valence-corrected chi connectivity index (χ1v) is 4.85. The predicted molar refractivity (Wildman–Crippen MR) is 51.6 cm³/mol. The molecule has 2 unspecified atom stereocenters. The Morgan fingerprint density at radius 2 is 2.50 bits per heavy atom. The normalized spacial score (nSPS) is 31.1. The van der Waals surface area contributed by atoms with Crippen LogP contribution in [0.3, 0.4) is 0 Å². The van der Waals surface area contributed by atoms with Gasteiger partial charge in [0.05, 0.1) is 6.10 Å². The lowest BCUT2D eigenvalue weighted by Crippen LogP contribution is -2.35. The molecule has 1 heterocycles. The van der Waals surface area contributed by atoms with Gasteiger partial charge in [0.2, 0.25) is 0 Å². The number of hydrogen-bond acceptors (Lipinski definition) is 2. The van der Waals surface area contributed by atoms with Crippen LogP contribution in [0.4, 0.5) is 0 Å². The fourth-order valence-corrected chi connectivity index (χ4v) is 1.42. The van der Waals surface area contributed by atoms with Crippen molar-refractivity contribution in [2.45, 2.75) is 25.5 Å². The summed E-state index contributed by atoms with van der Waals surface area (Å²) in [5.74, 6) is 0. The molecule has 0 aromatic carbocycles. The average molecular weight is 210 g/mol. The van der Waals surface area contributed by atoms with Crippen molar-refractivity contribution in [1.29, 1.82) is 0 Å². The molecule has 0 spiro atoms. The lowest BCUT2D eigenvalue weighted by Gasteiger charge is -2.15. The Morgan fingerprint density at radius 1 is 1.75 bits per heavy atom. The third kappa shape index (κ3) is 2.94. The van der Waals surface area contributed by atoms with Crippen LogP contribution in [0.5, 0.6) is 0 Å². The lowest BCUT2D eigenvalue weighted by atomic mass is 10.1. The third-order valence-corrected chi connectivity index (χ3v) is 2.65. The fourth-order valence-electron chi connectivity index (χ4n) is 1.27. The largest absolute Gasteiger partial charge is 0.377 e. The maximum absolute atomic E-state index is 5.72. The fraction of sp³-hybridized carbons (Fsp3) is 0.750. The highest BCUT2D eigenvalue weighted by molar-refractivity contribution is 6.36. The molecular weight excluding hydrogens is 197 g/mol. The first kappa shape index (κ1) is 10.3. The molecule has 2 atom stereocenters. The molecule has 0 aliphatic carbocycles. The summed E-state index contributed by atoms with van der Waals surface area (Å²) < 4.78 is 5.37. The zero-order valence-electron chi connectivity index (χ0n) is 7.02. The Balaban J connectivity index is 2.22. The lowest BCUT2D eigenvalue weighted by molar-refractivity contribution is 0.114. The van der Waals surface area contributed by atoms with Crippen molar-refractivity contribution >= 4 is 23.2 Å². The molecule has 1 fully saturated rings. The number of rotatable bonds is 3. The van der Waals surface area contributed by atoms with E-state index < -0.39 is 0 Å².